The number of Topliss-reactive ketones (excluding diaryl/α,β-unsaturated/α-hetero) is 1. The summed E-state index contributed by atoms with van der Waals surface area (Å²) in [5, 5.41) is 4.02. The lowest BCUT2D eigenvalue weighted by molar-refractivity contribution is 0.103. The van der Waals surface area contributed by atoms with Gasteiger partial charge >= 0.3 is 0 Å². The molecule has 15 heavy (non-hydrogen) atoms. The molecule has 1 aromatic heterocycles. The second kappa shape index (κ2) is 4.75. The molecule has 1 aromatic rings. The minimum absolute atomic E-state index is 0.260. The zero-order valence-corrected chi connectivity index (χ0v) is 9.90. The predicted molar refractivity (Wildman–Crippen MR) is 64.6 cm³/mol. The SMILES string of the molecule is Cc1cscc1C(=O)C1=CCCCCC1. The molecule has 2 rings (SSSR count). The average molecular weight is 220 g/mol. The minimum Gasteiger partial charge on any atom is -0.289 e. The second-order valence-corrected chi connectivity index (χ2v) is 4.87. The molecule has 80 valence electrons. The van der Waals surface area contributed by atoms with E-state index >= 15 is 0 Å². The molecular formula is C13H16OS. The van der Waals surface area contributed by atoms with Crippen molar-refractivity contribution < 1.29 is 4.79 Å². The molecule has 0 fully saturated rings. The Hall–Kier alpha value is -0.890. The lowest BCUT2D eigenvalue weighted by atomic mass is 9.99. The van der Waals surface area contributed by atoms with Crippen LogP contribution in [0, 0.1) is 6.92 Å². The van der Waals surface area contributed by atoms with Crippen LogP contribution < -0.4 is 0 Å². The van der Waals surface area contributed by atoms with E-state index in [0.29, 0.717) is 0 Å². The van der Waals surface area contributed by atoms with Gasteiger partial charge in [-0.15, -0.1) is 0 Å². The van der Waals surface area contributed by atoms with Crippen molar-refractivity contribution in [2.24, 2.45) is 0 Å². The number of rotatable bonds is 2. The van der Waals surface area contributed by atoms with Gasteiger partial charge in [0.1, 0.15) is 0 Å². The van der Waals surface area contributed by atoms with Gasteiger partial charge in [0.05, 0.1) is 0 Å². The van der Waals surface area contributed by atoms with Gasteiger partial charge in [0.25, 0.3) is 0 Å². The topological polar surface area (TPSA) is 17.1 Å². The van der Waals surface area contributed by atoms with Crippen LogP contribution >= 0.6 is 11.3 Å². The lowest BCUT2D eigenvalue weighted by Crippen LogP contribution is -2.03. The molecule has 0 bridgehead atoms. The van der Waals surface area contributed by atoms with Crippen molar-refractivity contribution in [3.05, 3.63) is 33.5 Å². The van der Waals surface area contributed by atoms with E-state index < -0.39 is 0 Å². The largest absolute Gasteiger partial charge is 0.289 e. The molecule has 2 heteroatoms. The summed E-state index contributed by atoms with van der Waals surface area (Å²) >= 11 is 1.62. The highest BCUT2D eigenvalue weighted by Crippen LogP contribution is 2.23. The van der Waals surface area contributed by atoms with Crippen LogP contribution in [0.2, 0.25) is 0 Å². The Morgan fingerprint density at radius 1 is 1.27 bits per heavy atom. The van der Waals surface area contributed by atoms with Crippen molar-refractivity contribution in [1.82, 2.24) is 0 Å². The average Bonchev–Trinajstić information content (AvgIpc) is 2.53. The fourth-order valence-electron chi connectivity index (χ4n) is 1.99. The van der Waals surface area contributed by atoms with Crippen LogP contribution in [0.4, 0.5) is 0 Å². The molecule has 0 N–H and O–H groups in total. The smallest absolute Gasteiger partial charge is 0.189 e. The number of hydrogen-bond acceptors (Lipinski definition) is 2. The lowest BCUT2D eigenvalue weighted by Gasteiger charge is -2.03. The Bertz CT molecular complexity index is 387. The molecule has 0 atom stereocenters. The van der Waals surface area contributed by atoms with E-state index in [-0.39, 0.29) is 5.78 Å². The second-order valence-electron chi connectivity index (χ2n) is 4.13. The fraction of sp³-hybridized carbons (Fsp3) is 0.462. The maximum atomic E-state index is 12.2. The fourth-order valence-corrected chi connectivity index (χ4v) is 2.82. The molecule has 1 heterocycles. The van der Waals surface area contributed by atoms with Crippen molar-refractivity contribution in [3.8, 4) is 0 Å². The van der Waals surface area contributed by atoms with Crippen LogP contribution in [0.15, 0.2) is 22.4 Å². The highest BCUT2D eigenvalue weighted by molar-refractivity contribution is 7.08. The highest BCUT2D eigenvalue weighted by atomic mass is 32.1. The van der Waals surface area contributed by atoms with Crippen LogP contribution in [-0.2, 0) is 0 Å². The quantitative estimate of drug-likeness (QED) is 0.685. The number of hydrogen-bond donors (Lipinski definition) is 0. The van der Waals surface area contributed by atoms with E-state index in [1.165, 1.54) is 19.3 Å². The van der Waals surface area contributed by atoms with Gasteiger partial charge in [0.2, 0.25) is 0 Å². The molecule has 0 amide bonds. The van der Waals surface area contributed by atoms with Crippen molar-refractivity contribution in [1.29, 1.82) is 0 Å². The molecule has 1 nitrogen and oxygen atoms in total. The zero-order valence-electron chi connectivity index (χ0n) is 9.08. The molecule has 0 unspecified atom stereocenters. The summed E-state index contributed by atoms with van der Waals surface area (Å²) < 4.78 is 0. The number of carbonyl (C=O) groups excluding carboxylic acids is 1. The van der Waals surface area contributed by atoms with E-state index in [4.69, 9.17) is 0 Å². The first-order valence-corrected chi connectivity index (χ1v) is 6.50. The number of aryl methyl sites for hydroxylation is 1. The summed E-state index contributed by atoms with van der Waals surface area (Å²) in [5.41, 5.74) is 3.07. The van der Waals surface area contributed by atoms with Gasteiger partial charge in [-0.05, 0) is 49.1 Å². The van der Waals surface area contributed by atoms with Crippen molar-refractivity contribution in [2.45, 2.75) is 39.0 Å². The third-order valence-electron chi connectivity index (χ3n) is 2.93. The molecule has 0 saturated carbocycles. The maximum Gasteiger partial charge on any atom is 0.189 e. The molecule has 1 aliphatic carbocycles. The van der Waals surface area contributed by atoms with E-state index in [9.17, 15) is 4.79 Å². The van der Waals surface area contributed by atoms with E-state index in [0.717, 1.165) is 29.5 Å². The number of allylic oxidation sites excluding steroid dienone is 2. The summed E-state index contributed by atoms with van der Waals surface area (Å²) in [5.74, 6) is 0.260. The summed E-state index contributed by atoms with van der Waals surface area (Å²) in [7, 11) is 0. The molecule has 0 aromatic carbocycles. The molecule has 0 saturated heterocycles. The Morgan fingerprint density at radius 2 is 2.13 bits per heavy atom. The van der Waals surface area contributed by atoms with Gasteiger partial charge in [0.15, 0.2) is 5.78 Å². The zero-order chi connectivity index (χ0) is 10.7. The Balaban J connectivity index is 2.20. The molecule has 0 aliphatic heterocycles. The van der Waals surface area contributed by atoms with Gasteiger partial charge in [-0.25, -0.2) is 0 Å². The Kier molecular flexibility index (Phi) is 3.37. The van der Waals surface area contributed by atoms with Gasteiger partial charge < -0.3 is 0 Å². The number of carbonyl (C=O) groups is 1. The van der Waals surface area contributed by atoms with Crippen LogP contribution in [-0.4, -0.2) is 5.78 Å². The van der Waals surface area contributed by atoms with Gasteiger partial charge in [-0.1, -0.05) is 12.5 Å². The first-order valence-electron chi connectivity index (χ1n) is 5.55. The van der Waals surface area contributed by atoms with Gasteiger partial charge in [0, 0.05) is 10.9 Å². The summed E-state index contributed by atoms with van der Waals surface area (Å²) in [6, 6.07) is 0. The summed E-state index contributed by atoms with van der Waals surface area (Å²) in [6.07, 6.45) is 7.85. The number of ketones is 1. The van der Waals surface area contributed by atoms with Gasteiger partial charge in [-0.2, -0.15) is 11.3 Å². The highest BCUT2D eigenvalue weighted by Gasteiger charge is 2.15. The predicted octanol–water partition coefficient (Wildman–Crippen LogP) is 4.13. The molecule has 0 radical (unpaired) electrons. The van der Waals surface area contributed by atoms with Crippen LogP contribution in [0.5, 0.6) is 0 Å². The Morgan fingerprint density at radius 3 is 2.87 bits per heavy atom. The van der Waals surface area contributed by atoms with Crippen LogP contribution in [0.1, 0.15) is 48.0 Å². The van der Waals surface area contributed by atoms with Crippen molar-refractivity contribution >= 4 is 17.1 Å². The molecule has 0 spiro atoms. The van der Waals surface area contributed by atoms with Crippen LogP contribution in [0.3, 0.4) is 0 Å². The van der Waals surface area contributed by atoms with Gasteiger partial charge in [-0.3, -0.25) is 4.79 Å². The first kappa shape index (κ1) is 10.6. The van der Waals surface area contributed by atoms with Crippen LogP contribution in [0.25, 0.3) is 0 Å². The minimum atomic E-state index is 0.260. The van der Waals surface area contributed by atoms with Crippen molar-refractivity contribution in [2.75, 3.05) is 0 Å². The number of thiophene rings is 1. The molecule has 1 aliphatic rings. The summed E-state index contributed by atoms with van der Waals surface area (Å²) in [4.78, 5) is 12.2. The van der Waals surface area contributed by atoms with E-state index in [2.05, 4.69) is 6.08 Å². The summed E-state index contributed by atoms with van der Waals surface area (Å²) in [6.45, 7) is 2.01. The third kappa shape index (κ3) is 2.37. The normalized spacial score (nSPS) is 17.0. The van der Waals surface area contributed by atoms with E-state index in [1.807, 2.05) is 17.7 Å². The Labute approximate surface area is 94.8 Å². The first-order chi connectivity index (χ1) is 7.29. The van der Waals surface area contributed by atoms with E-state index in [1.54, 1.807) is 11.3 Å². The standard InChI is InChI=1S/C13H16OS/c1-10-8-15-9-12(10)13(14)11-6-4-2-3-5-7-11/h6,8-9H,2-5,7H2,1H3. The third-order valence-corrected chi connectivity index (χ3v) is 3.79. The maximum absolute atomic E-state index is 12.2. The van der Waals surface area contributed by atoms with Crippen molar-refractivity contribution in [3.63, 3.8) is 0 Å². The monoisotopic (exact) mass is 220 g/mol. The molecular weight excluding hydrogens is 204 g/mol.